The summed E-state index contributed by atoms with van der Waals surface area (Å²) in [4.78, 5) is 21.8. The third kappa shape index (κ3) is 4.24. The summed E-state index contributed by atoms with van der Waals surface area (Å²) >= 11 is 0. The van der Waals surface area contributed by atoms with E-state index in [0.717, 1.165) is 30.4 Å². The van der Waals surface area contributed by atoms with Crippen LogP contribution < -0.4 is 0 Å². The molecular weight excluding hydrogens is 261 g/mol. The molecule has 0 aliphatic carbocycles. The van der Waals surface area contributed by atoms with Gasteiger partial charge in [0.1, 0.15) is 0 Å². The second-order valence-electron chi connectivity index (χ2n) is 3.54. The first kappa shape index (κ1) is 14.9. The number of esters is 1. The van der Waals surface area contributed by atoms with Gasteiger partial charge in [0.2, 0.25) is 0 Å². The van der Waals surface area contributed by atoms with E-state index in [1.807, 2.05) is 0 Å². The Morgan fingerprint density at radius 3 is 2.53 bits per heavy atom. The predicted molar refractivity (Wildman–Crippen MR) is 62.5 cm³/mol. The molecule has 0 spiro atoms. The first-order valence-corrected chi connectivity index (χ1v) is 5.39. The molecule has 0 heterocycles. The topological polar surface area (TPSA) is 43.4 Å². The maximum atomic E-state index is 12.5. The Labute approximate surface area is 107 Å². The third-order valence-electron chi connectivity index (χ3n) is 2.23. The fourth-order valence-corrected chi connectivity index (χ4v) is 1.35. The van der Waals surface area contributed by atoms with Gasteiger partial charge in [0.15, 0.2) is 6.29 Å². The van der Waals surface area contributed by atoms with Gasteiger partial charge >= 0.3 is 12.1 Å². The normalized spacial score (nSPS) is 11.6. The van der Waals surface area contributed by atoms with Crippen molar-refractivity contribution in [3.63, 3.8) is 0 Å². The first-order valence-electron chi connectivity index (χ1n) is 5.39. The molecule has 1 aromatic rings. The van der Waals surface area contributed by atoms with Gasteiger partial charge in [-0.2, -0.15) is 13.2 Å². The van der Waals surface area contributed by atoms with Crippen molar-refractivity contribution in [1.29, 1.82) is 0 Å². The molecule has 0 saturated heterocycles. The summed E-state index contributed by atoms with van der Waals surface area (Å²) in [7, 11) is 0. The quantitative estimate of drug-likeness (QED) is 0.480. The van der Waals surface area contributed by atoms with Gasteiger partial charge in [-0.3, -0.25) is 4.79 Å². The van der Waals surface area contributed by atoms with Gasteiger partial charge in [-0.25, -0.2) is 4.79 Å². The molecule has 1 aromatic carbocycles. The highest BCUT2D eigenvalue weighted by atomic mass is 19.4. The van der Waals surface area contributed by atoms with Gasteiger partial charge in [0.05, 0.1) is 12.2 Å². The lowest BCUT2D eigenvalue weighted by Crippen LogP contribution is -2.06. The Kier molecular flexibility index (Phi) is 4.86. The Balaban J connectivity index is 3.10. The van der Waals surface area contributed by atoms with E-state index in [1.54, 1.807) is 6.92 Å². The molecule has 0 aromatic heterocycles. The summed E-state index contributed by atoms with van der Waals surface area (Å²) in [6, 6.07) is 2.67. The standard InChI is InChI=1S/C13H11F3O3/c1-2-19-12(18)6-4-9-7-11(13(14,15)16)5-3-10(9)8-17/h3-8H,2H2,1H3. The summed E-state index contributed by atoms with van der Waals surface area (Å²) < 4.78 is 42.2. The van der Waals surface area contributed by atoms with E-state index < -0.39 is 17.7 Å². The molecule has 0 aliphatic heterocycles. The van der Waals surface area contributed by atoms with Crippen molar-refractivity contribution in [3.05, 3.63) is 41.0 Å². The Bertz CT molecular complexity index is 504. The molecular formula is C13H11F3O3. The van der Waals surface area contributed by atoms with Crippen LogP contribution in [0.2, 0.25) is 0 Å². The van der Waals surface area contributed by atoms with Crippen molar-refractivity contribution >= 4 is 18.3 Å². The van der Waals surface area contributed by atoms with Crippen molar-refractivity contribution in [2.24, 2.45) is 0 Å². The number of hydrogen-bond donors (Lipinski definition) is 0. The number of hydrogen-bond acceptors (Lipinski definition) is 3. The average Bonchev–Trinajstić information content (AvgIpc) is 2.35. The number of alkyl halides is 3. The zero-order valence-corrected chi connectivity index (χ0v) is 10.0. The Morgan fingerprint density at radius 2 is 2.00 bits per heavy atom. The molecule has 0 aliphatic rings. The van der Waals surface area contributed by atoms with Gasteiger partial charge in [-0.1, -0.05) is 6.07 Å². The van der Waals surface area contributed by atoms with Gasteiger partial charge in [0.25, 0.3) is 0 Å². The minimum Gasteiger partial charge on any atom is -0.463 e. The van der Waals surface area contributed by atoms with E-state index in [1.165, 1.54) is 0 Å². The van der Waals surface area contributed by atoms with Crippen molar-refractivity contribution < 1.29 is 27.5 Å². The van der Waals surface area contributed by atoms with Gasteiger partial charge in [-0.05, 0) is 30.7 Å². The highest BCUT2D eigenvalue weighted by molar-refractivity contribution is 5.90. The monoisotopic (exact) mass is 272 g/mol. The highest BCUT2D eigenvalue weighted by Gasteiger charge is 2.30. The summed E-state index contributed by atoms with van der Waals surface area (Å²) in [6.45, 7) is 1.76. The fourth-order valence-electron chi connectivity index (χ4n) is 1.35. The van der Waals surface area contributed by atoms with E-state index in [-0.39, 0.29) is 17.7 Å². The summed E-state index contributed by atoms with van der Waals surface area (Å²) in [6.07, 6.45) is -1.98. The van der Waals surface area contributed by atoms with Gasteiger partial charge in [-0.15, -0.1) is 0 Å². The molecule has 0 saturated carbocycles. The van der Waals surface area contributed by atoms with Gasteiger partial charge in [0, 0.05) is 11.6 Å². The molecule has 0 bridgehead atoms. The molecule has 0 amide bonds. The van der Waals surface area contributed by atoms with Crippen LogP contribution in [0.1, 0.15) is 28.4 Å². The number of halogens is 3. The largest absolute Gasteiger partial charge is 0.463 e. The van der Waals surface area contributed by atoms with Crippen LogP contribution in [0, 0.1) is 0 Å². The van der Waals surface area contributed by atoms with E-state index in [9.17, 15) is 22.8 Å². The molecule has 0 radical (unpaired) electrons. The summed E-state index contributed by atoms with van der Waals surface area (Å²) in [5, 5.41) is 0. The van der Waals surface area contributed by atoms with Crippen molar-refractivity contribution in [1.82, 2.24) is 0 Å². The lowest BCUT2D eigenvalue weighted by molar-refractivity contribution is -0.138. The minimum atomic E-state index is -4.51. The maximum absolute atomic E-state index is 12.5. The Hall–Kier alpha value is -2.11. The number of rotatable bonds is 4. The van der Waals surface area contributed by atoms with Crippen LogP contribution in [0.5, 0.6) is 0 Å². The second kappa shape index (κ2) is 6.17. The molecule has 0 atom stereocenters. The van der Waals surface area contributed by atoms with Crippen LogP contribution in [0.4, 0.5) is 13.2 Å². The van der Waals surface area contributed by atoms with E-state index in [2.05, 4.69) is 4.74 Å². The van der Waals surface area contributed by atoms with Crippen LogP contribution >= 0.6 is 0 Å². The number of benzene rings is 1. The molecule has 0 unspecified atom stereocenters. The SMILES string of the molecule is CCOC(=O)C=Cc1cc(C(F)(F)F)ccc1C=O. The predicted octanol–water partition coefficient (Wildman–Crippen LogP) is 3.09. The van der Waals surface area contributed by atoms with E-state index in [0.29, 0.717) is 6.29 Å². The van der Waals surface area contributed by atoms with Crippen LogP contribution in [0.25, 0.3) is 6.08 Å². The second-order valence-corrected chi connectivity index (χ2v) is 3.54. The van der Waals surface area contributed by atoms with Crippen LogP contribution in [-0.4, -0.2) is 18.9 Å². The molecule has 3 nitrogen and oxygen atoms in total. The molecule has 6 heteroatoms. The zero-order chi connectivity index (χ0) is 14.5. The minimum absolute atomic E-state index is 0.0119. The Morgan fingerprint density at radius 1 is 1.32 bits per heavy atom. The maximum Gasteiger partial charge on any atom is 0.416 e. The number of ether oxygens (including phenoxy) is 1. The lowest BCUT2D eigenvalue weighted by atomic mass is 10.0. The van der Waals surface area contributed by atoms with E-state index >= 15 is 0 Å². The number of aldehydes is 1. The highest BCUT2D eigenvalue weighted by Crippen LogP contribution is 2.30. The smallest absolute Gasteiger partial charge is 0.416 e. The number of carbonyl (C=O) groups is 2. The number of carbonyl (C=O) groups excluding carboxylic acids is 2. The molecule has 102 valence electrons. The summed E-state index contributed by atoms with van der Waals surface area (Å²) in [5.74, 6) is -0.684. The summed E-state index contributed by atoms with van der Waals surface area (Å²) in [5.41, 5.74) is -0.812. The van der Waals surface area contributed by atoms with Crippen molar-refractivity contribution in [3.8, 4) is 0 Å². The van der Waals surface area contributed by atoms with Crippen LogP contribution in [-0.2, 0) is 15.7 Å². The van der Waals surface area contributed by atoms with Crippen molar-refractivity contribution in [2.45, 2.75) is 13.1 Å². The average molecular weight is 272 g/mol. The fraction of sp³-hybridized carbons (Fsp3) is 0.231. The lowest BCUT2D eigenvalue weighted by Gasteiger charge is -2.08. The molecule has 19 heavy (non-hydrogen) atoms. The first-order chi connectivity index (χ1) is 8.88. The van der Waals surface area contributed by atoms with Crippen molar-refractivity contribution in [2.75, 3.05) is 6.61 Å². The zero-order valence-electron chi connectivity index (χ0n) is 10.0. The molecule has 0 N–H and O–H groups in total. The van der Waals surface area contributed by atoms with Crippen LogP contribution in [0.3, 0.4) is 0 Å². The third-order valence-corrected chi connectivity index (χ3v) is 2.23. The molecule has 0 fully saturated rings. The van der Waals surface area contributed by atoms with Crippen LogP contribution in [0.15, 0.2) is 24.3 Å². The van der Waals surface area contributed by atoms with E-state index in [4.69, 9.17) is 0 Å². The van der Waals surface area contributed by atoms with Gasteiger partial charge < -0.3 is 4.74 Å². The molecule has 1 rings (SSSR count).